The van der Waals surface area contributed by atoms with E-state index in [9.17, 15) is 0 Å². The minimum atomic E-state index is 0.257. The third-order valence-corrected chi connectivity index (χ3v) is 2.17. The molecule has 2 aliphatic rings. The molecule has 2 rings (SSSR count). The molecular formula is C8H10O. The van der Waals surface area contributed by atoms with Gasteiger partial charge in [0.15, 0.2) is 0 Å². The molecule has 0 heterocycles. The Morgan fingerprint density at radius 2 is 2.33 bits per heavy atom. The third-order valence-electron chi connectivity index (χ3n) is 2.17. The summed E-state index contributed by atoms with van der Waals surface area (Å²) in [4.78, 5) is 0. The molecule has 0 aliphatic heterocycles. The van der Waals surface area contributed by atoms with Gasteiger partial charge in [-0.05, 0) is 30.4 Å². The van der Waals surface area contributed by atoms with Crippen LogP contribution >= 0.6 is 0 Å². The topological polar surface area (TPSA) is 20.2 Å². The van der Waals surface area contributed by atoms with Crippen LogP contribution in [0, 0.1) is 0 Å². The molecule has 0 aromatic heterocycles. The maximum atomic E-state index is 8.73. The number of hydrogen-bond acceptors (Lipinski definition) is 1. The number of aliphatic hydroxyl groups excluding tert-OH is 1. The summed E-state index contributed by atoms with van der Waals surface area (Å²) >= 11 is 0. The molecule has 0 saturated heterocycles. The predicted octanol–water partition coefficient (Wildman–Crippen LogP) is 1.40. The molecule has 0 aromatic rings. The van der Waals surface area contributed by atoms with Crippen LogP contribution in [0.2, 0.25) is 0 Å². The van der Waals surface area contributed by atoms with Crippen LogP contribution in [-0.2, 0) is 0 Å². The molecule has 0 saturated carbocycles. The van der Waals surface area contributed by atoms with Gasteiger partial charge in [0, 0.05) is 0 Å². The van der Waals surface area contributed by atoms with Gasteiger partial charge >= 0.3 is 0 Å². The highest BCUT2D eigenvalue weighted by Gasteiger charge is 2.21. The highest BCUT2D eigenvalue weighted by Crippen LogP contribution is 2.39. The first-order valence-corrected chi connectivity index (χ1v) is 3.41. The summed E-state index contributed by atoms with van der Waals surface area (Å²) in [6.07, 6.45) is 5.73. The van der Waals surface area contributed by atoms with Gasteiger partial charge in [0.1, 0.15) is 0 Å². The molecule has 0 atom stereocenters. The molecule has 0 fully saturated rings. The van der Waals surface area contributed by atoms with Crippen molar-refractivity contribution in [1.29, 1.82) is 0 Å². The second-order valence-corrected chi connectivity index (χ2v) is 2.77. The van der Waals surface area contributed by atoms with E-state index in [1.165, 1.54) is 24.0 Å². The summed E-state index contributed by atoms with van der Waals surface area (Å²) in [7, 11) is 0. The Bertz CT molecular complexity index is 199. The van der Waals surface area contributed by atoms with Crippen LogP contribution in [0.15, 0.2) is 22.8 Å². The lowest BCUT2D eigenvalue weighted by atomic mass is 9.91. The highest BCUT2D eigenvalue weighted by atomic mass is 16.3. The van der Waals surface area contributed by atoms with Gasteiger partial charge in [-0.25, -0.2) is 0 Å². The lowest BCUT2D eigenvalue weighted by Gasteiger charge is -2.14. The van der Waals surface area contributed by atoms with Crippen LogP contribution in [-0.4, -0.2) is 11.7 Å². The van der Waals surface area contributed by atoms with Gasteiger partial charge in [-0.15, -0.1) is 0 Å². The average molecular weight is 122 g/mol. The summed E-state index contributed by atoms with van der Waals surface area (Å²) in [6, 6.07) is 0. The monoisotopic (exact) mass is 122 g/mol. The fourth-order valence-corrected chi connectivity index (χ4v) is 1.50. The van der Waals surface area contributed by atoms with Crippen LogP contribution < -0.4 is 0 Å². The summed E-state index contributed by atoms with van der Waals surface area (Å²) < 4.78 is 0. The summed E-state index contributed by atoms with van der Waals surface area (Å²) in [5.74, 6) is 0. The fourth-order valence-electron chi connectivity index (χ4n) is 1.50. The van der Waals surface area contributed by atoms with Crippen molar-refractivity contribution in [2.45, 2.75) is 19.3 Å². The quantitative estimate of drug-likeness (QED) is 0.557. The Hall–Kier alpha value is -0.560. The number of rotatable bonds is 1. The molecule has 0 aromatic carbocycles. The van der Waals surface area contributed by atoms with E-state index in [1.54, 1.807) is 5.57 Å². The molecule has 0 radical (unpaired) electrons. The van der Waals surface area contributed by atoms with Gasteiger partial charge in [-0.3, -0.25) is 0 Å². The molecule has 0 bridgehead atoms. The lowest BCUT2D eigenvalue weighted by molar-refractivity contribution is 0.329. The van der Waals surface area contributed by atoms with Gasteiger partial charge in [0.05, 0.1) is 6.61 Å². The predicted molar refractivity (Wildman–Crippen MR) is 36.0 cm³/mol. The van der Waals surface area contributed by atoms with Gasteiger partial charge < -0.3 is 5.11 Å². The van der Waals surface area contributed by atoms with Crippen LogP contribution in [0.4, 0.5) is 0 Å². The minimum Gasteiger partial charge on any atom is -0.392 e. The van der Waals surface area contributed by atoms with E-state index in [2.05, 4.69) is 6.08 Å². The zero-order valence-corrected chi connectivity index (χ0v) is 5.35. The maximum absolute atomic E-state index is 8.73. The SMILES string of the molecule is OCC1=CC2=C(CC2)C1. The van der Waals surface area contributed by atoms with Crippen molar-refractivity contribution in [1.82, 2.24) is 0 Å². The molecule has 2 aliphatic carbocycles. The van der Waals surface area contributed by atoms with Crippen molar-refractivity contribution in [2.75, 3.05) is 6.61 Å². The Kier molecular flexibility index (Phi) is 0.995. The zero-order valence-electron chi connectivity index (χ0n) is 5.35. The van der Waals surface area contributed by atoms with E-state index in [-0.39, 0.29) is 6.61 Å². The van der Waals surface area contributed by atoms with E-state index >= 15 is 0 Å². The van der Waals surface area contributed by atoms with E-state index < -0.39 is 0 Å². The summed E-state index contributed by atoms with van der Waals surface area (Å²) in [5, 5.41) is 8.73. The Morgan fingerprint density at radius 1 is 1.44 bits per heavy atom. The largest absolute Gasteiger partial charge is 0.392 e. The standard InChI is InChI=1S/C8H10O/c9-5-6-3-7-1-2-8(7)4-6/h3,9H,1-2,4-5H2. The average Bonchev–Trinajstić information content (AvgIpc) is 2.10. The molecule has 9 heavy (non-hydrogen) atoms. The van der Waals surface area contributed by atoms with Gasteiger partial charge in [-0.1, -0.05) is 11.6 Å². The molecule has 1 nitrogen and oxygen atoms in total. The van der Waals surface area contributed by atoms with E-state index in [1.807, 2.05) is 0 Å². The molecule has 0 amide bonds. The number of aliphatic hydroxyl groups is 1. The van der Waals surface area contributed by atoms with Crippen LogP contribution in [0.1, 0.15) is 19.3 Å². The summed E-state index contributed by atoms with van der Waals surface area (Å²) in [5.41, 5.74) is 4.27. The van der Waals surface area contributed by atoms with Crippen molar-refractivity contribution in [2.24, 2.45) is 0 Å². The molecule has 48 valence electrons. The summed E-state index contributed by atoms with van der Waals surface area (Å²) in [6.45, 7) is 0.257. The minimum absolute atomic E-state index is 0.257. The Morgan fingerprint density at radius 3 is 2.67 bits per heavy atom. The van der Waals surface area contributed by atoms with Crippen molar-refractivity contribution >= 4 is 0 Å². The smallest absolute Gasteiger partial charge is 0.0648 e. The molecule has 0 unspecified atom stereocenters. The first-order chi connectivity index (χ1) is 4.40. The second kappa shape index (κ2) is 1.71. The number of hydrogen-bond donors (Lipinski definition) is 1. The van der Waals surface area contributed by atoms with Gasteiger partial charge in [0.2, 0.25) is 0 Å². The van der Waals surface area contributed by atoms with Crippen LogP contribution in [0.25, 0.3) is 0 Å². The number of allylic oxidation sites excluding steroid dienone is 3. The Balaban J connectivity index is 2.17. The fraction of sp³-hybridized carbons (Fsp3) is 0.500. The second-order valence-electron chi connectivity index (χ2n) is 2.77. The van der Waals surface area contributed by atoms with Crippen LogP contribution in [0.3, 0.4) is 0 Å². The Labute approximate surface area is 54.7 Å². The molecule has 1 heteroatoms. The molecular weight excluding hydrogens is 112 g/mol. The normalized spacial score (nSPS) is 23.4. The van der Waals surface area contributed by atoms with Crippen LogP contribution in [0.5, 0.6) is 0 Å². The third kappa shape index (κ3) is 0.648. The van der Waals surface area contributed by atoms with Crippen molar-refractivity contribution in [3.8, 4) is 0 Å². The van der Waals surface area contributed by atoms with Crippen molar-refractivity contribution in [3.63, 3.8) is 0 Å². The highest BCUT2D eigenvalue weighted by molar-refractivity contribution is 5.45. The maximum Gasteiger partial charge on any atom is 0.0648 e. The van der Waals surface area contributed by atoms with E-state index in [4.69, 9.17) is 5.11 Å². The van der Waals surface area contributed by atoms with Crippen molar-refractivity contribution < 1.29 is 5.11 Å². The molecule has 1 N–H and O–H groups in total. The van der Waals surface area contributed by atoms with Gasteiger partial charge in [0.25, 0.3) is 0 Å². The van der Waals surface area contributed by atoms with E-state index in [0.717, 1.165) is 6.42 Å². The lowest BCUT2D eigenvalue weighted by Crippen LogP contribution is -1.96. The zero-order chi connectivity index (χ0) is 6.27. The van der Waals surface area contributed by atoms with Crippen molar-refractivity contribution in [3.05, 3.63) is 22.8 Å². The van der Waals surface area contributed by atoms with Gasteiger partial charge in [-0.2, -0.15) is 0 Å². The molecule has 0 spiro atoms. The van der Waals surface area contributed by atoms with E-state index in [0.29, 0.717) is 0 Å². The first kappa shape index (κ1) is 5.24. The first-order valence-electron chi connectivity index (χ1n) is 3.41.